The van der Waals surface area contributed by atoms with E-state index in [-0.39, 0.29) is 0 Å². The van der Waals surface area contributed by atoms with Crippen molar-refractivity contribution in [2.45, 2.75) is 13.2 Å². The smallest absolute Gasteiger partial charge is 0.0725 e. The lowest BCUT2D eigenvalue weighted by Gasteiger charge is -1.96. The SMILES string of the molecule is C=Cc1ccc2c(c1)COC2. The molecule has 0 radical (unpaired) electrons. The van der Waals surface area contributed by atoms with Crippen molar-refractivity contribution in [3.8, 4) is 0 Å². The third kappa shape index (κ3) is 1.08. The van der Waals surface area contributed by atoms with Gasteiger partial charge < -0.3 is 4.74 Å². The van der Waals surface area contributed by atoms with Gasteiger partial charge in [-0.3, -0.25) is 0 Å². The molecular weight excluding hydrogens is 136 g/mol. The topological polar surface area (TPSA) is 9.23 Å². The number of fused-ring (bicyclic) bond motifs is 1. The van der Waals surface area contributed by atoms with Gasteiger partial charge in [-0.15, -0.1) is 0 Å². The van der Waals surface area contributed by atoms with Crippen LogP contribution < -0.4 is 0 Å². The van der Waals surface area contributed by atoms with Gasteiger partial charge in [0.15, 0.2) is 0 Å². The van der Waals surface area contributed by atoms with Crippen molar-refractivity contribution in [1.29, 1.82) is 0 Å². The van der Waals surface area contributed by atoms with Crippen LogP contribution in [0.1, 0.15) is 16.7 Å². The van der Waals surface area contributed by atoms with E-state index in [1.807, 2.05) is 6.08 Å². The van der Waals surface area contributed by atoms with E-state index in [9.17, 15) is 0 Å². The van der Waals surface area contributed by atoms with Crippen LogP contribution in [0, 0.1) is 0 Å². The van der Waals surface area contributed by atoms with Crippen LogP contribution in [0.15, 0.2) is 24.8 Å². The van der Waals surface area contributed by atoms with Gasteiger partial charge in [0.05, 0.1) is 13.2 Å². The molecule has 0 aliphatic carbocycles. The van der Waals surface area contributed by atoms with E-state index < -0.39 is 0 Å². The van der Waals surface area contributed by atoms with Crippen LogP contribution in [0.4, 0.5) is 0 Å². The Balaban J connectivity index is 2.48. The summed E-state index contributed by atoms with van der Waals surface area (Å²) in [5.74, 6) is 0. The second-order valence-electron chi connectivity index (χ2n) is 2.73. The maximum atomic E-state index is 5.28. The molecule has 1 nitrogen and oxygen atoms in total. The predicted octanol–water partition coefficient (Wildman–Crippen LogP) is 2.36. The first kappa shape index (κ1) is 6.62. The van der Waals surface area contributed by atoms with Crippen LogP contribution in [0.5, 0.6) is 0 Å². The molecule has 1 aromatic carbocycles. The third-order valence-electron chi connectivity index (χ3n) is 1.98. The Morgan fingerprint density at radius 1 is 1.27 bits per heavy atom. The molecule has 1 heteroatoms. The summed E-state index contributed by atoms with van der Waals surface area (Å²) in [6.45, 7) is 5.25. The van der Waals surface area contributed by atoms with Gasteiger partial charge in [-0.2, -0.15) is 0 Å². The minimum absolute atomic E-state index is 0.761. The van der Waals surface area contributed by atoms with Crippen LogP contribution in [0.25, 0.3) is 6.08 Å². The van der Waals surface area contributed by atoms with E-state index in [1.165, 1.54) is 16.7 Å². The molecular formula is C10H10O. The van der Waals surface area contributed by atoms with Crippen molar-refractivity contribution in [3.05, 3.63) is 41.5 Å². The molecule has 0 N–H and O–H groups in total. The monoisotopic (exact) mass is 146 g/mol. The van der Waals surface area contributed by atoms with Crippen molar-refractivity contribution in [1.82, 2.24) is 0 Å². The molecule has 1 aliphatic rings. The molecule has 0 spiro atoms. The van der Waals surface area contributed by atoms with Crippen molar-refractivity contribution >= 4 is 6.08 Å². The number of benzene rings is 1. The summed E-state index contributed by atoms with van der Waals surface area (Å²) in [7, 11) is 0. The normalized spacial score (nSPS) is 14.5. The highest BCUT2D eigenvalue weighted by atomic mass is 16.5. The van der Waals surface area contributed by atoms with E-state index in [4.69, 9.17) is 4.74 Å². The quantitative estimate of drug-likeness (QED) is 0.591. The van der Waals surface area contributed by atoms with Gasteiger partial charge in [-0.1, -0.05) is 24.8 Å². The van der Waals surface area contributed by atoms with Gasteiger partial charge >= 0.3 is 0 Å². The summed E-state index contributed by atoms with van der Waals surface area (Å²) in [5, 5.41) is 0. The summed E-state index contributed by atoms with van der Waals surface area (Å²) in [4.78, 5) is 0. The molecule has 1 heterocycles. The van der Waals surface area contributed by atoms with E-state index in [1.54, 1.807) is 0 Å². The van der Waals surface area contributed by atoms with Crippen LogP contribution in [-0.4, -0.2) is 0 Å². The lowest BCUT2D eigenvalue weighted by atomic mass is 10.1. The van der Waals surface area contributed by atoms with Crippen LogP contribution in [0.2, 0.25) is 0 Å². The second-order valence-corrected chi connectivity index (χ2v) is 2.73. The molecule has 0 bridgehead atoms. The van der Waals surface area contributed by atoms with Crippen LogP contribution in [-0.2, 0) is 18.0 Å². The van der Waals surface area contributed by atoms with Gasteiger partial charge in [0.25, 0.3) is 0 Å². The molecule has 0 saturated carbocycles. The minimum Gasteiger partial charge on any atom is -0.372 e. The summed E-state index contributed by atoms with van der Waals surface area (Å²) in [6, 6.07) is 6.31. The Kier molecular flexibility index (Phi) is 1.51. The molecule has 0 aromatic heterocycles. The highest BCUT2D eigenvalue weighted by Gasteiger charge is 2.09. The van der Waals surface area contributed by atoms with E-state index in [0.29, 0.717) is 0 Å². The fourth-order valence-electron chi connectivity index (χ4n) is 1.32. The Morgan fingerprint density at radius 3 is 2.91 bits per heavy atom. The zero-order chi connectivity index (χ0) is 7.68. The zero-order valence-corrected chi connectivity index (χ0v) is 6.34. The Bertz CT molecular complexity index is 289. The number of ether oxygens (including phenoxy) is 1. The first-order chi connectivity index (χ1) is 5.40. The fourth-order valence-corrected chi connectivity index (χ4v) is 1.32. The zero-order valence-electron chi connectivity index (χ0n) is 6.34. The summed E-state index contributed by atoms with van der Waals surface area (Å²) in [6.07, 6.45) is 1.86. The molecule has 0 fully saturated rings. The Labute approximate surface area is 66.3 Å². The van der Waals surface area contributed by atoms with Crippen molar-refractivity contribution in [3.63, 3.8) is 0 Å². The molecule has 0 unspecified atom stereocenters. The van der Waals surface area contributed by atoms with Crippen molar-refractivity contribution in [2.24, 2.45) is 0 Å². The lowest BCUT2D eigenvalue weighted by Crippen LogP contribution is -1.81. The second kappa shape index (κ2) is 2.51. The van der Waals surface area contributed by atoms with Crippen molar-refractivity contribution < 1.29 is 4.74 Å². The standard InChI is InChI=1S/C10H10O/c1-2-8-3-4-9-6-11-7-10(9)5-8/h2-5H,1,6-7H2. The first-order valence-corrected chi connectivity index (χ1v) is 3.72. The number of hydrogen-bond acceptors (Lipinski definition) is 1. The van der Waals surface area contributed by atoms with Gasteiger partial charge in [0, 0.05) is 0 Å². The van der Waals surface area contributed by atoms with Gasteiger partial charge in [-0.25, -0.2) is 0 Å². The van der Waals surface area contributed by atoms with Gasteiger partial charge in [-0.05, 0) is 22.8 Å². The summed E-state index contributed by atoms with van der Waals surface area (Å²) in [5.41, 5.74) is 3.80. The fraction of sp³-hybridized carbons (Fsp3) is 0.200. The number of rotatable bonds is 1. The first-order valence-electron chi connectivity index (χ1n) is 3.72. The average Bonchev–Trinajstić information content (AvgIpc) is 2.50. The Morgan fingerprint density at radius 2 is 2.09 bits per heavy atom. The van der Waals surface area contributed by atoms with Gasteiger partial charge in [0.2, 0.25) is 0 Å². The predicted molar refractivity (Wildman–Crippen MR) is 45.0 cm³/mol. The highest BCUT2D eigenvalue weighted by molar-refractivity contribution is 5.50. The Hall–Kier alpha value is -1.08. The average molecular weight is 146 g/mol. The van der Waals surface area contributed by atoms with Crippen LogP contribution in [0.3, 0.4) is 0 Å². The largest absolute Gasteiger partial charge is 0.372 e. The number of hydrogen-bond donors (Lipinski definition) is 0. The molecule has 56 valence electrons. The molecule has 0 atom stereocenters. The molecule has 0 saturated heterocycles. The van der Waals surface area contributed by atoms with E-state index in [2.05, 4.69) is 24.8 Å². The van der Waals surface area contributed by atoms with Gasteiger partial charge in [0.1, 0.15) is 0 Å². The highest BCUT2D eigenvalue weighted by Crippen LogP contribution is 2.20. The van der Waals surface area contributed by atoms with E-state index in [0.717, 1.165) is 13.2 Å². The van der Waals surface area contributed by atoms with Crippen molar-refractivity contribution in [2.75, 3.05) is 0 Å². The third-order valence-corrected chi connectivity index (χ3v) is 1.98. The molecule has 1 aromatic rings. The molecule has 1 aliphatic heterocycles. The lowest BCUT2D eigenvalue weighted by molar-refractivity contribution is 0.134. The summed E-state index contributed by atoms with van der Waals surface area (Å²) >= 11 is 0. The molecule has 2 rings (SSSR count). The summed E-state index contributed by atoms with van der Waals surface area (Å²) < 4.78 is 5.28. The molecule has 0 amide bonds. The maximum absolute atomic E-state index is 5.28. The maximum Gasteiger partial charge on any atom is 0.0725 e. The van der Waals surface area contributed by atoms with Crippen LogP contribution >= 0.6 is 0 Å². The minimum atomic E-state index is 0.761. The van der Waals surface area contributed by atoms with E-state index >= 15 is 0 Å². The molecule has 11 heavy (non-hydrogen) atoms.